The SMILES string of the molecule is CC(Nc1nccc(-n2cnc3cc(CO)ccc32)n1)c1ccccc1. The van der Waals surface area contributed by atoms with Crippen LogP contribution in [-0.2, 0) is 6.61 Å². The van der Waals surface area contributed by atoms with Gasteiger partial charge in [0.1, 0.15) is 12.1 Å². The topological polar surface area (TPSA) is 75.9 Å². The van der Waals surface area contributed by atoms with E-state index in [9.17, 15) is 5.11 Å². The first-order valence-corrected chi connectivity index (χ1v) is 8.46. The van der Waals surface area contributed by atoms with Crippen molar-refractivity contribution < 1.29 is 5.11 Å². The fraction of sp³-hybridized carbons (Fsp3) is 0.150. The third kappa shape index (κ3) is 3.14. The van der Waals surface area contributed by atoms with Crippen LogP contribution < -0.4 is 5.32 Å². The van der Waals surface area contributed by atoms with E-state index in [4.69, 9.17) is 0 Å². The Morgan fingerprint density at radius 3 is 2.73 bits per heavy atom. The van der Waals surface area contributed by atoms with Crippen LogP contribution in [0.2, 0.25) is 0 Å². The van der Waals surface area contributed by atoms with Crippen molar-refractivity contribution in [1.29, 1.82) is 0 Å². The van der Waals surface area contributed by atoms with Crippen LogP contribution in [-0.4, -0.2) is 24.6 Å². The molecule has 2 N–H and O–H groups in total. The molecule has 0 saturated carbocycles. The van der Waals surface area contributed by atoms with Crippen LogP contribution in [0.3, 0.4) is 0 Å². The third-order valence-electron chi connectivity index (χ3n) is 4.33. The Balaban J connectivity index is 1.64. The lowest BCUT2D eigenvalue weighted by Gasteiger charge is -2.14. The van der Waals surface area contributed by atoms with Crippen molar-refractivity contribution in [2.45, 2.75) is 19.6 Å². The summed E-state index contributed by atoms with van der Waals surface area (Å²) in [7, 11) is 0. The maximum absolute atomic E-state index is 9.27. The van der Waals surface area contributed by atoms with Crippen molar-refractivity contribution in [3.05, 3.63) is 78.2 Å². The molecule has 0 fully saturated rings. The second kappa shape index (κ2) is 6.93. The molecular formula is C20H19N5O. The maximum atomic E-state index is 9.27. The molecule has 2 aromatic carbocycles. The summed E-state index contributed by atoms with van der Waals surface area (Å²) in [6, 6.07) is 17.8. The second-order valence-corrected chi connectivity index (χ2v) is 6.11. The minimum absolute atomic E-state index is 0.00174. The number of hydrogen-bond donors (Lipinski definition) is 2. The van der Waals surface area contributed by atoms with Crippen LogP contribution in [0.15, 0.2) is 67.1 Å². The summed E-state index contributed by atoms with van der Waals surface area (Å²) in [5.74, 6) is 1.30. The van der Waals surface area contributed by atoms with Crippen LogP contribution in [0.5, 0.6) is 0 Å². The highest BCUT2D eigenvalue weighted by Gasteiger charge is 2.10. The Morgan fingerprint density at radius 1 is 1.08 bits per heavy atom. The molecule has 6 nitrogen and oxygen atoms in total. The smallest absolute Gasteiger partial charge is 0.225 e. The van der Waals surface area contributed by atoms with Crippen molar-refractivity contribution >= 4 is 17.0 Å². The van der Waals surface area contributed by atoms with Gasteiger partial charge in [0.25, 0.3) is 0 Å². The number of anilines is 1. The maximum Gasteiger partial charge on any atom is 0.225 e. The highest BCUT2D eigenvalue weighted by Crippen LogP contribution is 2.20. The molecular weight excluding hydrogens is 326 g/mol. The summed E-state index contributed by atoms with van der Waals surface area (Å²) in [4.78, 5) is 13.4. The van der Waals surface area contributed by atoms with Crippen molar-refractivity contribution in [1.82, 2.24) is 19.5 Å². The predicted molar refractivity (Wildman–Crippen MR) is 101 cm³/mol. The Labute approximate surface area is 151 Å². The molecule has 4 aromatic rings. The van der Waals surface area contributed by atoms with Gasteiger partial charge in [-0.2, -0.15) is 4.98 Å². The molecule has 2 aromatic heterocycles. The molecule has 0 spiro atoms. The van der Waals surface area contributed by atoms with E-state index in [1.807, 2.05) is 47.0 Å². The molecule has 0 amide bonds. The van der Waals surface area contributed by atoms with Gasteiger partial charge in [-0.1, -0.05) is 36.4 Å². The molecule has 1 atom stereocenters. The van der Waals surface area contributed by atoms with Crippen LogP contribution in [0, 0.1) is 0 Å². The predicted octanol–water partition coefficient (Wildman–Crippen LogP) is 3.48. The van der Waals surface area contributed by atoms with E-state index in [-0.39, 0.29) is 12.6 Å². The number of benzene rings is 2. The van der Waals surface area contributed by atoms with Gasteiger partial charge in [-0.25, -0.2) is 9.97 Å². The fourth-order valence-electron chi connectivity index (χ4n) is 2.91. The molecule has 0 saturated heterocycles. The van der Waals surface area contributed by atoms with E-state index in [0.29, 0.717) is 5.95 Å². The van der Waals surface area contributed by atoms with Gasteiger partial charge in [-0.05, 0) is 36.2 Å². The Kier molecular flexibility index (Phi) is 4.33. The molecule has 4 rings (SSSR count). The highest BCUT2D eigenvalue weighted by molar-refractivity contribution is 5.77. The first-order chi connectivity index (χ1) is 12.7. The normalized spacial score (nSPS) is 12.2. The van der Waals surface area contributed by atoms with Gasteiger partial charge >= 0.3 is 0 Å². The zero-order valence-corrected chi connectivity index (χ0v) is 14.4. The summed E-state index contributed by atoms with van der Waals surface area (Å²) < 4.78 is 1.91. The molecule has 0 aliphatic heterocycles. The number of nitrogens with one attached hydrogen (secondary N) is 1. The number of nitrogens with zero attached hydrogens (tertiary/aromatic N) is 4. The average molecular weight is 345 g/mol. The number of rotatable bonds is 5. The summed E-state index contributed by atoms with van der Waals surface area (Å²) >= 11 is 0. The van der Waals surface area contributed by atoms with Crippen LogP contribution in [0.4, 0.5) is 5.95 Å². The Hall–Kier alpha value is -3.25. The highest BCUT2D eigenvalue weighted by atomic mass is 16.3. The van der Waals surface area contributed by atoms with Gasteiger partial charge < -0.3 is 10.4 Å². The standard InChI is InChI=1S/C20H19N5O/c1-14(16-5-3-2-4-6-16)23-20-21-10-9-19(24-20)25-13-22-17-11-15(12-26)7-8-18(17)25/h2-11,13-14,26H,12H2,1H3,(H,21,23,24). The van der Waals surface area contributed by atoms with Crippen molar-refractivity contribution in [3.8, 4) is 5.82 Å². The number of imidazole rings is 1. The van der Waals surface area contributed by atoms with E-state index in [2.05, 4.69) is 39.3 Å². The summed E-state index contributed by atoms with van der Waals surface area (Å²) in [5, 5.41) is 12.6. The second-order valence-electron chi connectivity index (χ2n) is 6.11. The van der Waals surface area contributed by atoms with Gasteiger partial charge in [0.2, 0.25) is 5.95 Å². The zero-order valence-electron chi connectivity index (χ0n) is 14.4. The van der Waals surface area contributed by atoms with Crippen LogP contribution >= 0.6 is 0 Å². The van der Waals surface area contributed by atoms with Crippen molar-refractivity contribution in [3.63, 3.8) is 0 Å². The zero-order chi connectivity index (χ0) is 17.9. The first-order valence-electron chi connectivity index (χ1n) is 8.46. The minimum atomic E-state index is 0.00174. The number of fused-ring (bicyclic) bond motifs is 1. The number of aliphatic hydroxyl groups is 1. The first kappa shape index (κ1) is 16.2. The molecule has 0 aliphatic rings. The molecule has 130 valence electrons. The van der Waals surface area contributed by atoms with E-state index in [1.54, 1.807) is 12.5 Å². The summed E-state index contributed by atoms with van der Waals surface area (Å²) in [5.41, 5.74) is 3.76. The van der Waals surface area contributed by atoms with E-state index in [0.717, 1.165) is 22.4 Å². The van der Waals surface area contributed by atoms with Crippen LogP contribution in [0.1, 0.15) is 24.1 Å². The lowest BCUT2D eigenvalue weighted by Crippen LogP contribution is -2.10. The average Bonchev–Trinajstić information content (AvgIpc) is 3.12. The molecule has 26 heavy (non-hydrogen) atoms. The van der Waals surface area contributed by atoms with Gasteiger partial charge in [-0.3, -0.25) is 4.57 Å². The van der Waals surface area contributed by atoms with Gasteiger partial charge in [0.15, 0.2) is 0 Å². The number of hydrogen-bond acceptors (Lipinski definition) is 5. The molecule has 0 bridgehead atoms. The van der Waals surface area contributed by atoms with Crippen molar-refractivity contribution in [2.75, 3.05) is 5.32 Å². The van der Waals surface area contributed by atoms with Gasteiger partial charge in [-0.15, -0.1) is 0 Å². The Morgan fingerprint density at radius 2 is 1.92 bits per heavy atom. The van der Waals surface area contributed by atoms with E-state index < -0.39 is 0 Å². The molecule has 2 heterocycles. The lowest BCUT2D eigenvalue weighted by atomic mass is 10.1. The molecule has 1 unspecified atom stereocenters. The number of aromatic nitrogens is 4. The van der Waals surface area contributed by atoms with Gasteiger partial charge in [0.05, 0.1) is 23.7 Å². The fourth-order valence-corrected chi connectivity index (χ4v) is 2.91. The Bertz CT molecular complexity index is 1030. The third-order valence-corrected chi connectivity index (χ3v) is 4.33. The minimum Gasteiger partial charge on any atom is -0.392 e. The van der Waals surface area contributed by atoms with Gasteiger partial charge in [0, 0.05) is 6.20 Å². The monoisotopic (exact) mass is 345 g/mol. The lowest BCUT2D eigenvalue weighted by molar-refractivity contribution is 0.282. The van der Waals surface area contributed by atoms with E-state index in [1.165, 1.54) is 5.56 Å². The van der Waals surface area contributed by atoms with E-state index >= 15 is 0 Å². The summed E-state index contributed by atoms with van der Waals surface area (Å²) in [6.45, 7) is 2.08. The quantitative estimate of drug-likeness (QED) is 0.579. The largest absolute Gasteiger partial charge is 0.392 e. The summed E-state index contributed by atoms with van der Waals surface area (Å²) in [6.07, 6.45) is 3.47. The number of aliphatic hydroxyl groups excluding tert-OH is 1. The molecule has 0 aliphatic carbocycles. The van der Waals surface area contributed by atoms with Crippen molar-refractivity contribution in [2.24, 2.45) is 0 Å². The van der Waals surface area contributed by atoms with Crippen LogP contribution in [0.25, 0.3) is 16.9 Å². The molecule has 0 radical (unpaired) electrons. The molecule has 6 heteroatoms.